The Morgan fingerprint density at radius 1 is 1.22 bits per heavy atom. The van der Waals surface area contributed by atoms with E-state index < -0.39 is 5.97 Å². The highest BCUT2D eigenvalue weighted by Crippen LogP contribution is 2.36. The second kappa shape index (κ2) is 11.1. The summed E-state index contributed by atoms with van der Waals surface area (Å²) < 4.78 is 5.57. The van der Waals surface area contributed by atoms with E-state index in [-0.39, 0.29) is 12.3 Å². The molecular weight excluding hydrogens is 406 g/mol. The molecule has 0 saturated carbocycles. The summed E-state index contributed by atoms with van der Waals surface area (Å²) in [5.41, 5.74) is 3.87. The van der Waals surface area contributed by atoms with E-state index in [9.17, 15) is 9.90 Å². The molecule has 1 aliphatic heterocycles. The maximum atomic E-state index is 11.4. The van der Waals surface area contributed by atoms with Gasteiger partial charge in [0.15, 0.2) is 0 Å². The number of hydrogen-bond acceptors (Lipinski definition) is 7. The maximum absolute atomic E-state index is 11.4. The number of hydrogen-bond donors (Lipinski definition) is 2. The molecule has 8 heteroatoms. The van der Waals surface area contributed by atoms with Crippen LogP contribution in [0.5, 0.6) is 0 Å². The van der Waals surface area contributed by atoms with E-state index in [1.165, 1.54) is 0 Å². The lowest BCUT2D eigenvalue weighted by Gasteiger charge is -2.37. The number of benzene rings is 1. The van der Waals surface area contributed by atoms with Crippen molar-refractivity contribution in [1.29, 1.82) is 0 Å². The lowest BCUT2D eigenvalue weighted by Crippen LogP contribution is -2.39. The quantitative estimate of drug-likeness (QED) is 0.565. The SMILES string of the molecule is CCC(CC(=O)O)c1ccc(N(CC)C2CCOCC2)c(Nc2cnc(N(C)C)nc2)c1. The van der Waals surface area contributed by atoms with Gasteiger partial charge >= 0.3 is 5.97 Å². The van der Waals surface area contributed by atoms with E-state index in [1.54, 1.807) is 12.4 Å². The van der Waals surface area contributed by atoms with Crippen molar-refractivity contribution in [1.82, 2.24) is 9.97 Å². The number of rotatable bonds is 10. The van der Waals surface area contributed by atoms with Gasteiger partial charge in [-0.15, -0.1) is 0 Å². The Balaban J connectivity index is 1.97. The molecule has 2 aromatic rings. The van der Waals surface area contributed by atoms with Crippen LogP contribution in [-0.4, -0.2) is 60.9 Å². The predicted molar refractivity (Wildman–Crippen MR) is 128 cm³/mol. The molecule has 1 aromatic heterocycles. The molecule has 3 rings (SSSR count). The first kappa shape index (κ1) is 23.8. The fourth-order valence-corrected chi connectivity index (χ4v) is 4.26. The molecule has 0 spiro atoms. The molecular formula is C24H35N5O3. The minimum absolute atomic E-state index is 0.0346. The Kier molecular flexibility index (Phi) is 8.27. The van der Waals surface area contributed by atoms with Crippen LogP contribution in [0.15, 0.2) is 30.6 Å². The molecule has 1 fully saturated rings. The molecule has 2 N–H and O–H groups in total. The van der Waals surface area contributed by atoms with Gasteiger partial charge in [-0.25, -0.2) is 9.97 Å². The Morgan fingerprint density at radius 3 is 2.47 bits per heavy atom. The zero-order chi connectivity index (χ0) is 23.1. The van der Waals surface area contributed by atoms with Crippen LogP contribution in [0.2, 0.25) is 0 Å². The smallest absolute Gasteiger partial charge is 0.303 e. The largest absolute Gasteiger partial charge is 0.481 e. The molecule has 0 bridgehead atoms. The van der Waals surface area contributed by atoms with Gasteiger partial charge in [0.05, 0.1) is 35.9 Å². The molecule has 0 aliphatic carbocycles. The number of nitrogens with one attached hydrogen (secondary N) is 1. The van der Waals surface area contributed by atoms with Crippen molar-refractivity contribution < 1.29 is 14.6 Å². The van der Waals surface area contributed by atoms with Crippen molar-refractivity contribution in [3.8, 4) is 0 Å². The summed E-state index contributed by atoms with van der Waals surface area (Å²) in [5, 5.41) is 12.8. The third kappa shape index (κ3) is 5.88. The van der Waals surface area contributed by atoms with Crippen molar-refractivity contribution in [3.63, 3.8) is 0 Å². The van der Waals surface area contributed by atoms with Crippen LogP contribution >= 0.6 is 0 Å². The molecule has 1 unspecified atom stereocenters. The number of carboxylic acids is 1. The second-order valence-corrected chi connectivity index (χ2v) is 8.40. The minimum atomic E-state index is -0.777. The van der Waals surface area contributed by atoms with Crippen molar-refractivity contribution in [2.45, 2.75) is 51.5 Å². The Labute approximate surface area is 190 Å². The Bertz CT molecular complexity index is 882. The number of aromatic nitrogens is 2. The topological polar surface area (TPSA) is 90.8 Å². The third-order valence-corrected chi connectivity index (χ3v) is 6.00. The van der Waals surface area contributed by atoms with E-state index in [2.05, 4.69) is 45.3 Å². The molecule has 32 heavy (non-hydrogen) atoms. The molecule has 2 heterocycles. The number of anilines is 4. The van der Waals surface area contributed by atoms with Gasteiger partial charge in [-0.3, -0.25) is 4.79 Å². The van der Waals surface area contributed by atoms with Crippen LogP contribution in [0.25, 0.3) is 0 Å². The summed E-state index contributed by atoms with van der Waals surface area (Å²) in [4.78, 5) is 24.5. The first-order chi connectivity index (χ1) is 15.4. The molecule has 1 saturated heterocycles. The van der Waals surface area contributed by atoms with Gasteiger partial charge in [0, 0.05) is 39.9 Å². The van der Waals surface area contributed by atoms with Crippen LogP contribution in [0.1, 0.15) is 51.0 Å². The highest BCUT2D eigenvalue weighted by molar-refractivity contribution is 5.77. The molecule has 174 valence electrons. The monoisotopic (exact) mass is 441 g/mol. The second-order valence-electron chi connectivity index (χ2n) is 8.40. The first-order valence-corrected chi connectivity index (χ1v) is 11.4. The fraction of sp³-hybridized carbons (Fsp3) is 0.542. The van der Waals surface area contributed by atoms with E-state index in [0.717, 1.165) is 61.6 Å². The Morgan fingerprint density at radius 2 is 1.91 bits per heavy atom. The number of aliphatic carboxylic acids is 1. The zero-order valence-corrected chi connectivity index (χ0v) is 19.5. The number of ether oxygens (including phenoxy) is 1. The lowest BCUT2D eigenvalue weighted by molar-refractivity contribution is -0.137. The number of nitrogens with zero attached hydrogens (tertiary/aromatic N) is 4. The van der Waals surface area contributed by atoms with Crippen molar-refractivity contribution in [2.75, 3.05) is 49.0 Å². The molecule has 1 aromatic carbocycles. The minimum Gasteiger partial charge on any atom is -0.481 e. The zero-order valence-electron chi connectivity index (χ0n) is 19.5. The third-order valence-electron chi connectivity index (χ3n) is 6.00. The summed E-state index contributed by atoms with van der Waals surface area (Å²) in [7, 11) is 3.81. The summed E-state index contributed by atoms with van der Waals surface area (Å²) in [6.45, 7) is 6.63. The summed E-state index contributed by atoms with van der Waals surface area (Å²) >= 11 is 0. The Hall–Kier alpha value is -2.87. The van der Waals surface area contributed by atoms with E-state index in [4.69, 9.17) is 4.74 Å². The predicted octanol–water partition coefficient (Wildman–Crippen LogP) is 4.26. The standard InChI is InChI=1S/C24H35N5O3/c1-5-17(14-23(30)31)18-7-8-22(29(6-2)20-9-11-32-12-10-20)21(13-18)27-19-15-25-24(26-16-19)28(3)4/h7-8,13,15-17,20,27H,5-6,9-12,14H2,1-4H3,(H,30,31). The first-order valence-electron chi connectivity index (χ1n) is 11.4. The van der Waals surface area contributed by atoms with Crippen LogP contribution < -0.4 is 15.1 Å². The highest BCUT2D eigenvalue weighted by atomic mass is 16.5. The van der Waals surface area contributed by atoms with Crippen LogP contribution in [0.4, 0.5) is 23.0 Å². The van der Waals surface area contributed by atoms with Crippen molar-refractivity contribution >= 4 is 29.0 Å². The molecule has 0 amide bonds. The highest BCUT2D eigenvalue weighted by Gasteiger charge is 2.24. The molecule has 0 radical (unpaired) electrons. The van der Waals surface area contributed by atoms with Crippen molar-refractivity contribution in [3.05, 3.63) is 36.2 Å². The summed E-state index contributed by atoms with van der Waals surface area (Å²) in [5.74, 6) is -0.164. The maximum Gasteiger partial charge on any atom is 0.303 e. The van der Waals surface area contributed by atoms with Gasteiger partial charge in [0.2, 0.25) is 5.95 Å². The summed E-state index contributed by atoms with van der Waals surface area (Å²) in [6, 6.07) is 6.70. The average Bonchev–Trinajstić information content (AvgIpc) is 2.80. The molecule has 1 atom stereocenters. The molecule has 8 nitrogen and oxygen atoms in total. The number of carboxylic acid groups (broad SMARTS) is 1. The van der Waals surface area contributed by atoms with E-state index in [0.29, 0.717) is 12.0 Å². The average molecular weight is 442 g/mol. The van der Waals surface area contributed by atoms with Gasteiger partial charge in [-0.1, -0.05) is 13.0 Å². The number of carbonyl (C=O) groups is 1. The normalized spacial score (nSPS) is 15.2. The molecule has 1 aliphatic rings. The van der Waals surface area contributed by atoms with Gasteiger partial charge in [0.25, 0.3) is 0 Å². The van der Waals surface area contributed by atoms with Gasteiger partial charge in [-0.05, 0) is 49.8 Å². The van der Waals surface area contributed by atoms with E-state index in [1.807, 2.05) is 25.9 Å². The van der Waals surface area contributed by atoms with Gasteiger partial charge in [0.1, 0.15) is 0 Å². The van der Waals surface area contributed by atoms with Crippen LogP contribution in [0, 0.1) is 0 Å². The van der Waals surface area contributed by atoms with Gasteiger partial charge < -0.3 is 25.0 Å². The van der Waals surface area contributed by atoms with Crippen molar-refractivity contribution in [2.24, 2.45) is 0 Å². The fourth-order valence-electron chi connectivity index (χ4n) is 4.26. The van der Waals surface area contributed by atoms with Gasteiger partial charge in [-0.2, -0.15) is 0 Å². The lowest BCUT2D eigenvalue weighted by atomic mass is 9.92. The summed E-state index contributed by atoms with van der Waals surface area (Å²) in [6.07, 6.45) is 6.42. The van der Waals surface area contributed by atoms with Crippen LogP contribution in [-0.2, 0) is 9.53 Å². The van der Waals surface area contributed by atoms with E-state index >= 15 is 0 Å². The van der Waals surface area contributed by atoms with Crippen LogP contribution in [0.3, 0.4) is 0 Å².